The summed E-state index contributed by atoms with van der Waals surface area (Å²) in [5.41, 5.74) is -1.32. The largest absolute Gasteiger partial charge is 0.273 e. The lowest BCUT2D eigenvalue weighted by atomic mass is 9.85. The Morgan fingerprint density at radius 3 is 2.27 bits per heavy atom. The summed E-state index contributed by atoms with van der Waals surface area (Å²) in [4.78, 5) is 26.2. The third-order valence-electron chi connectivity index (χ3n) is 3.86. The molecule has 4 nitrogen and oxygen atoms in total. The van der Waals surface area contributed by atoms with Gasteiger partial charge in [-0.15, -0.1) is 0 Å². The SMILES string of the molecule is CC1(C)C(=O)N(C(C)(C)C#N)C(=O)/C1=C\c1ccc(F)cc1. The van der Waals surface area contributed by atoms with E-state index in [2.05, 4.69) is 0 Å². The first-order valence-corrected chi connectivity index (χ1v) is 6.89. The molecule has 1 fully saturated rings. The number of imide groups is 1. The van der Waals surface area contributed by atoms with Crippen LogP contribution in [0, 0.1) is 22.6 Å². The molecule has 1 aliphatic rings. The average Bonchev–Trinajstić information content (AvgIpc) is 2.61. The van der Waals surface area contributed by atoms with Crippen molar-refractivity contribution in [1.29, 1.82) is 5.26 Å². The van der Waals surface area contributed by atoms with E-state index in [1.807, 2.05) is 6.07 Å². The molecule has 0 aliphatic carbocycles. The Balaban J connectivity index is 2.53. The Kier molecular flexibility index (Phi) is 3.66. The molecule has 0 saturated carbocycles. The average molecular weight is 300 g/mol. The van der Waals surface area contributed by atoms with Gasteiger partial charge in [0.15, 0.2) is 0 Å². The first-order chi connectivity index (χ1) is 10.1. The van der Waals surface area contributed by atoms with Crippen LogP contribution in [0.3, 0.4) is 0 Å². The van der Waals surface area contributed by atoms with Gasteiger partial charge in [-0.3, -0.25) is 14.5 Å². The summed E-state index contributed by atoms with van der Waals surface area (Å²) in [5.74, 6) is -1.26. The lowest BCUT2D eigenvalue weighted by Gasteiger charge is -2.27. The summed E-state index contributed by atoms with van der Waals surface area (Å²) >= 11 is 0. The molecule has 5 heteroatoms. The first-order valence-electron chi connectivity index (χ1n) is 6.89. The fraction of sp³-hybridized carbons (Fsp3) is 0.353. The van der Waals surface area contributed by atoms with Crippen LogP contribution in [0.1, 0.15) is 33.3 Å². The Morgan fingerprint density at radius 2 is 1.77 bits per heavy atom. The summed E-state index contributed by atoms with van der Waals surface area (Å²) < 4.78 is 13.0. The molecule has 22 heavy (non-hydrogen) atoms. The van der Waals surface area contributed by atoms with Gasteiger partial charge in [0, 0.05) is 5.57 Å². The van der Waals surface area contributed by atoms with E-state index in [0.717, 1.165) is 4.90 Å². The predicted octanol–water partition coefficient (Wildman–Crippen LogP) is 2.91. The normalized spacial score (nSPS) is 19.6. The molecule has 0 bridgehead atoms. The van der Waals surface area contributed by atoms with Gasteiger partial charge in [0.05, 0.1) is 11.5 Å². The number of halogens is 1. The van der Waals surface area contributed by atoms with Crippen molar-refractivity contribution in [1.82, 2.24) is 4.90 Å². The van der Waals surface area contributed by atoms with Crippen LogP contribution < -0.4 is 0 Å². The van der Waals surface area contributed by atoms with E-state index in [4.69, 9.17) is 0 Å². The maximum absolute atomic E-state index is 13.0. The molecular formula is C17H17FN2O2. The lowest BCUT2D eigenvalue weighted by Crippen LogP contribution is -2.47. The van der Waals surface area contributed by atoms with Crippen LogP contribution in [-0.2, 0) is 9.59 Å². The number of likely N-dealkylation sites (tertiary alicyclic amines) is 1. The molecule has 1 aromatic rings. The minimum absolute atomic E-state index is 0.299. The Bertz CT molecular complexity index is 709. The van der Waals surface area contributed by atoms with E-state index in [1.165, 1.54) is 38.1 Å². The quantitative estimate of drug-likeness (QED) is 0.623. The second-order valence-electron chi connectivity index (χ2n) is 6.35. The number of carbonyl (C=O) groups is 2. The van der Waals surface area contributed by atoms with Crippen molar-refractivity contribution in [2.75, 3.05) is 0 Å². The number of hydrogen-bond donors (Lipinski definition) is 0. The van der Waals surface area contributed by atoms with Crippen molar-refractivity contribution in [3.05, 3.63) is 41.2 Å². The van der Waals surface area contributed by atoms with Gasteiger partial charge in [0.25, 0.3) is 5.91 Å². The summed E-state index contributed by atoms with van der Waals surface area (Å²) in [6, 6.07) is 7.63. The Hall–Kier alpha value is -2.48. The molecule has 0 spiro atoms. The fourth-order valence-electron chi connectivity index (χ4n) is 2.40. The standard InChI is InChI=1S/C17H17FN2O2/c1-16(2,10-19)20-14(21)13(17(3,4)15(20)22)9-11-5-7-12(18)8-6-11/h5-9H,1-4H3/b13-9+. The second kappa shape index (κ2) is 5.06. The van der Waals surface area contributed by atoms with Crippen LogP contribution in [0.25, 0.3) is 6.08 Å². The lowest BCUT2D eigenvalue weighted by molar-refractivity contribution is -0.144. The minimum atomic E-state index is -1.22. The summed E-state index contributed by atoms with van der Waals surface area (Å²) in [6.45, 7) is 6.35. The molecule has 0 unspecified atom stereocenters. The van der Waals surface area contributed by atoms with E-state index in [9.17, 15) is 19.2 Å². The molecule has 0 N–H and O–H groups in total. The molecule has 0 radical (unpaired) electrons. The number of rotatable bonds is 2. The molecule has 0 aromatic heterocycles. The molecule has 1 aromatic carbocycles. The molecule has 1 saturated heterocycles. The van der Waals surface area contributed by atoms with Crippen LogP contribution in [-0.4, -0.2) is 22.3 Å². The fourth-order valence-corrected chi connectivity index (χ4v) is 2.40. The van der Waals surface area contributed by atoms with Gasteiger partial charge in [-0.2, -0.15) is 5.26 Å². The van der Waals surface area contributed by atoms with E-state index >= 15 is 0 Å². The van der Waals surface area contributed by atoms with E-state index in [-0.39, 0.29) is 5.82 Å². The number of nitrogens with zero attached hydrogens (tertiary/aromatic N) is 2. The second-order valence-corrected chi connectivity index (χ2v) is 6.35. The third-order valence-corrected chi connectivity index (χ3v) is 3.86. The highest BCUT2D eigenvalue weighted by molar-refractivity contribution is 6.19. The molecule has 1 heterocycles. The molecule has 2 rings (SSSR count). The number of hydrogen-bond acceptors (Lipinski definition) is 3. The zero-order chi connectivity index (χ0) is 16.7. The Labute approximate surface area is 128 Å². The van der Waals surface area contributed by atoms with Crippen LogP contribution in [0.4, 0.5) is 4.39 Å². The monoisotopic (exact) mass is 300 g/mol. The van der Waals surface area contributed by atoms with Crippen LogP contribution in [0.2, 0.25) is 0 Å². The third kappa shape index (κ3) is 2.41. The summed E-state index contributed by atoms with van der Waals surface area (Å²) in [7, 11) is 0. The Morgan fingerprint density at radius 1 is 1.23 bits per heavy atom. The van der Waals surface area contributed by atoms with Gasteiger partial charge in [-0.1, -0.05) is 12.1 Å². The topological polar surface area (TPSA) is 61.2 Å². The first kappa shape index (κ1) is 15.9. The van der Waals surface area contributed by atoms with E-state index < -0.39 is 22.8 Å². The smallest absolute Gasteiger partial charge is 0.258 e. The molecule has 114 valence electrons. The highest BCUT2D eigenvalue weighted by Crippen LogP contribution is 2.41. The van der Waals surface area contributed by atoms with Gasteiger partial charge in [0.1, 0.15) is 11.4 Å². The summed E-state index contributed by atoms with van der Waals surface area (Å²) in [5, 5.41) is 9.21. The van der Waals surface area contributed by atoms with Crippen LogP contribution in [0.15, 0.2) is 29.8 Å². The van der Waals surface area contributed by atoms with E-state index in [1.54, 1.807) is 19.9 Å². The number of amides is 2. The van der Waals surface area contributed by atoms with E-state index in [0.29, 0.717) is 11.1 Å². The minimum Gasteiger partial charge on any atom is -0.273 e. The van der Waals surface area contributed by atoms with Gasteiger partial charge in [-0.05, 0) is 51.5 Å². The van der Waals surface area contributed by atoms with Crippen molar-refractivity contribution >= 4 is 17.9 Å². The van der Waals surface area contributed by atoms with Gasteiger partial charge >= 0.3 is 0 Å². The van der Waals surface area contributed by atoms with Crippen molar-refractivity contribution < 1.29 is 14.0 Å². The highest BCUT2D eigenvalue weighted by Gasteiger charge is 2.54. The van der Waals surface area contributed by atoms with Crippen LogP contribution in [0.5, 0.6) is 0 Å². The zero-order valence-corrected chi connectivity index (χ0v) is 13.0. The molecule has 0 atom stereocenters. The maximum atomic E-state index is 13.0. The zero-order valence-electron chi connectivity index (χ0n) is 13.0. The predicted molar refractivity (Wildman–Crippen MR) is 79.7 cm³/mol. The van der Waals surface area contributed by atoms with Crippen molar-refractivity contribution in [2.24, 2.45) is 5.41 Å². The van der Waals surface area contributed by atoms with Gasteiger partial charge in [-0.25, -0.2) is 4.39 Å². The maximum Gasteiger partial charge on any atom is 0.258 e. The number of carbonyl (C=O) groups excluding carboxylic acids is 2. The summed E-state index contributed by atoms with van der Waals surface area (Å²) in [6.07, 6.45) is 1.58. The van der Waals surface area contributed by atoms with Crippen molar-refractivity contribution in [3.63, 3.8) is 0 Å². The van der Waals surface area contributed by atoms with Crippen LogP contribution >= 0.6 is 0 Å². The van der Waals surface area contributed by atoms with Gasteiger partial charge in [0.2, 0.25) is 5.91 Å². The number of nitriles is 1. The van der Waals surface area contributed by atoms with Gasteiger partial charge < -0.3 is 0 Å². The molecular weight excluding hydrogens is 283 g/mol. The number of benzene rings is 1. The van der Waals surface area contributed by atoms with Crippen molar-refractivity contribution in [2.45, 2.75) is 33.2 Å². The highest BCUT2D eigenvalue weighted by atomic mass is 19.1. The molecule has 1 aliphatic heterocycles. The van der Waals surface area contributed by atoms with Crippen molar-refractivity contribution in [3.8, 4) is 6.07 Å². The molecule has 2 amide bonds.